The van der Waals surface area contributed by atoms with Crippen molar-refractivity contribution in [1.82, 2.24) is 0 Å². The van der Waals surface area contributed by atoms with Crippen LogP contribution >= 0.6 is 0 Å². The average Bonchev–Trinajstić information content (AvgIpc) is 1.67. The Hall–Kier alpha value is 0.274. The molecule has 0 saturated carbocycles. The lowest BCUT2D eigenvalue weighted by molar-refractivity contribution is 0.101. The summed E-state index contributed by atoms with van der Waals surface area (Å²) >= 11 is 0. The van der Waals surface area contributed by atoms with E-state index in [0.29, 0.717) is 0 Å². The van der Waals surface area contributed by atoms with Crippen molar-refractivity contribution in [2.75, 3.05) is 7.11 Å². The molecule has 0 amide bonds. The maximum absolute atomic E-state index is 8.58. The molecule has 0 rings (SSSR count). The van der Waals surface area contributed by atoms with E-state index in [9.17, 15) is 0 Å². The molecular weight excluding hydrogens is 144 g/mol. The van der Waals surface area contributed by atoms with Gasteiger partial charge in [0.05, 0.1) is 0 Å². The Morgan fingerprint density at radius 3 is 2.12 bits per heavy atom. The van der Waals surface area contributed by atoms with E-state index in [1.54, 1.807) is 6.55 Å². The van der Waals surface area contributed by atoms with Crippen LogP contribution < -0.4 is 0 Å². The molecule has 0 heterocycles. The molecule has 2 radical (unpaired) electrons. The summed E-state index contributed by atoms with van der Waals surface area (Å²) in [6.07, 6.45) is 0. The van der Waals surface area contributed by atoms with Crippen LogP contribution in [-0.2, 0) is 8.54 Å². The molecule has 0 atom stereocenters. The van der Waals surface area contributed by atoms with Gasteiger partial charge in [0, 0.05) is 7.11 Å². The van der Waals surface area contributed by atoms with Crippen LogP contribution in [0.2, 0.25) is 6.55 Å². The van der Waals surface area contributed by atoms with Crippen molar-refractivity contribution in [2.24, 2.45) is 0 Å². The van der Waals surface area contributed by atoms with E-state index < -0.39 is 9.05 Å². The van der Waals surface area contributed by atoms with Gasteiger partial charge in [-0.1, -0.05) is 0 Å². The van der Waals surface area contributed by atoms with E-state index in [4.69, 9.17) is 9.59 Å². The maximum Gasteiger partial charge on any atom is 0.663 e. The van der Waals surface area contributed by atoms with Gasteiger partial charge >= 0.3 is 9.05 Å². The first-order valence-electron chi connectivity index (χ1n) is 1.97. The highest BCUT2D eigenvalue weighted by Crippen LogP contribution is 1.91. The molecule has 4 nitrogen and oxygen atoms in total. The molecule has 2 N–H and O–H groups in total. The third-order valence-corrected chi connectivity index (χ3v) is 2.91. The average molecular weight is 152 g/mol. The molecule has 48 valence electrons. The van der Waals surface area contributed by atoms with Crippen LogP contribution in [0.1, 0.15) is 0 Å². The minimum atomic E-state index is -3.66. The van der Waals surface area contributed by atoms with Gasteiger partial charge in [0.2, 0.25) is 9.76 Å². The summed E-state index contributed by atoms with van der Waals surface area (Å²) < 4.78 is 8.65. The lowest BCUT2D eigenvalue weighted by Gasteiger charge is -2.11. The standard InChI is InChI=1S/C2H8O4Si2/c1-5-8(3,4)6-7-2/h3-4H,1-2H3. The second-order valence-electron chi connectivity index (χ2n) is 1.06. The fourth-order valence-electron chi connectivity index (χ4n) is 0.175. The third kappa shape index (κ3) is 3.30. The maximum atomic E-state index is 8.58. The highest BCUT2D eigenvalue weighted by molar-refractivity contribution is 6.57. The fraction of sp³-hybridized carbons (Fsp3) is 1.00. The van der Waals surface area contributed by atoms with E-state index in [0.717, 1.165) is 0 Å². The minimum absolute atomic E-state index is 0.0527. The predicted octanol–water partition coefficient (Wildman–Crippen LogP) is -1.26. The number of rotatable bonds is 3. The molecular formula is C2H8O4Si2. The second-order valence-corrected chi connectivity index (χ2v) is 3.79. The molecule has 6 heteroatoms. The predicted molar refractivity (Wildman–Crippen MR) is 29.9 cm³/mol. The van der Waals surface area contributed by atoms with Gasteiger partial charge in [-0.3, -0.25) is 0 Å². The molecule has 0 bridgehead atoms. The normalized spacial score (nSPS) is 12.0. The Kier molecular flexibility index (Phi) is 3.44. The zero-order valence-electron chi connectivity index (χ0n) is 4.71. The minimum Gasteiger partial charge on any atom is -0.394 e. The van der Waals surface area contributed by atoms with Crippen molar-refractivity contribution in [3.63, 3.8) is 0 Å². The summed E-state index contributed by atoms with van der Waals surface area (Å²) in [5.74, 6) is 0. The van der Waals surface area contributed by atoms with Gasteiger partial charge in [-0.15, -0.1) is 0 Å². The van der Waals surface area contributed by atoms with Gasteiger partial charge in [0.1, 0.15) is 0 Å². The zero-order valence-corrected chi connectivity index (χ0v) is 6.71. The summed E-state index contributed by atoms with van der Waals surface area (Å²) in [6, 6.07) is 0. The summed E-state index contributed by atoms with van der Waals surface area (Å²) in [5.41, 5.74) is 0. The first kappa shape index (κ1) is 8.27. The number of hydrogen-bond acceptors (Lipinski definition) is 4. The largest absolute Gasteiger partial charge is 0.663 e. The molecule has 0 aromatic rings. The molecule has 0 saturated heterocycles. The van der Waals surface area contributed by atoms with Crippen LogP contribution in [0.25, 0.3) is 0 Å². The zero-order chi connectivity index (χ0) is 6.62. The Bertz CT molecular complexity index is 65.1. The summed E-state index contributed by atoms with van der Waals surface area (Å²) in [6.45, 7) is 1.69. The third-order valence-electron chi connectivity index (χ3n) is 0.501. The molecule has 0 aliphatic heterocycles. The highest BCUT2D eigenvalue weighted by Gasteiger charge is 2.33. The van der Waals surface area contributed by atoms with Gasteiger partial charge in [0.15, 0.2) is 0 Å². The molecule has 0 fully saturated rings. The lowest BCUT2D eigenvalue weighted by Crippen LogP contribution is -2.42. The molecule has 0 aliphatic rings. The van der Waals surface area contributed by atoms with Crippen molar-refractivity contribution in [3.05, 3.63) is 0 Å². The Balaban J connectivity index is 3.37. The van der Waals surface area contributed by atoms with Gasteiger partial charge in [0.25, 0.3) is 0 Å². The summed E-state index contributed by atoms with van der Waals surface area (Å²) in [5, 5.41) is 0. The van der Waals surface area contributed by atoms with Crippen molar-refractivity contribution in [2.45, 2.75) is 6.55 Å². The Morgan fingerprint density at radius 2 is 2.00 bits per heavy atom. The van der Waals surface area contributed by atoms with Crippen LogP contribution in [0.5, 0.6) is 0 Å². The van der Waals surface area contributed by atoms with Crippen molar-refractivity contribution in [1.29, 1.82) is 0 Å². The quantitative estimate of drug-likeness (QED) is 0.495. The summed E-state index contributed by atoms with van der Waals surface area (Å²) in [7, 11) is -2.41. The van der Waals surface area contributed by atoms with Gasteiger partial charge in [-0.2, -0.15) is 0 Å². The molecule has 0 aromatic heterocycles. The van der Waals surface area contributed by atoms with E-state index in [1.807, 2.05) is 0 Å². The van der Waals surface area contributed by atoms with Crippen molar-refractivity contribution in [3.8, 4) is 0 Å². The van der Waals surface area contributed by atoms with Gasteiger partial charge in [-0.05, 0) is 6.55 Å². The van der Waals surface area contributed by atoms with Crippen LogP contribution in [0.4, 0.5) is 0 Å². The van der Waals surface area contributed by atoms with E-state index >= 15 is 0 Å². The van der Waals surface area contributed by atoms with Crippen LogP contribution in [0.3, 0.4) is 0 Å². The van der Waals surface area contributed by atoms with Crippen molar-refractivity contribution >= 4 is 18.8 Å². The topological polar surface area (TPSA) is 58.9 Å². The van der Waals surface area contributed by atoms with E-state index in [2.05, 4.69) is 8.54 Å². The second kappa shape index (κ2) is 3.33. The molecule has 0 aromatic carbocycles. The Labute approximate surface area is 51.5 Å². The smallest absolute Gasteiger partial charge is 0.394 e. The molecule has 0 spiro atoms. The molecule has 0 unspecified atom stereocenters. The van der Waals surface area contributed by atoms with Crippen molar-refractivity contribution < 1.29 is 18.1 Å². The molecule has 8 heavy (non-hydrogen) atoms. The monoisotopic (exact) mass is 152 g/mol. The van der Waals surface area contributed by atoms with Gasteiger partial charge in [-0.25, -0.2) is 0 Å². The SMILES string of the molecule is CO[Si](O)(O)O[Si]C. The first-order valence-corrected chi connectivity index (χ1v) is 5.09. The highest BCUT2D eigenvalue weighted by atomic mass is 28.4. The summed E-state index contributed by atoms with van der Waals surface area (Å²) in [4.78, 5) is 17.2. The number of hydrogen-bond donors (Lipinski definition) is 2. The molecule has 0 aliphatic carbocycles. The van der Waals surface area contributed by atoms with Gasteiger partial charge < -0.3 is 18.1 Å². The fourth-order valence-corrected chi connectivity index (χ4v) is 1.57. The van der Waals surface area contributed by atoms with Crippen LogP contribution in [-0.4, -0.2) is 35.5 Å². The van der Waals surface area contributed by atoms with E-state index in [1.165, 1.54) is 7.11 Å². The van der Waals surface area contributed by atoms with Crippen LogP contribution in [0.15, 0.2) is 0 Å². The lowest BCUT2D eigenvalue weighted by atomic mass is 11.8. The van der Waals surface area contributed by atoms with Crippen LogP contribution in [0, 0.1) is 0 Å². The van der Waals surface area contributed by atoms with E-state index in [-0.39, 0.29) is 9.76 Å². The first-order chi connectivity index (χ1) is 3.62. The Morgan fingerprint density at radius 1 is 1.50 bits per heavy atom.